The number of hydrogen-bond acceptors (Lipinski definition) is 6. The maximum absolute atomic E-state index is 5.78. The second-order valence-electron chi connectivity index (χ2n) is 10.3. The molecular formula is C27H32N4O2. The van der Waals surface area contributed by atoms with Crippen molar-refractivity contribution in [3.8, 4) is 17.0 Å². The van der Waals surface area contributed by atoms with E-state index in [0.29, 0.717) is 23.8 Å². The third kappa shape index (κ3) is 4.00. The lowest BCUT2D eigenvalue weighted by atomic mass is 9.53. The Morgan fingerprint density at radius 3 is 2.58 bits per heavy atom. The number of pyridine rings is 1. The number of fused-ring (bicyclic) bond motifs is 3. The first-order valence-electron chi connectivity index (χ1n) is 12.4. The summed E-state index contributed by atoms with van der Waals surface area (Å²) in [7, 11) is 0. The molecule has 1 aromatic carbocycles. The van der Waals surface area contributed by atoms with Crippen LogP contribution in [0.25, 0.3) is 11.1 Å². The minimum absolute atomic E-state index is 0.126. The summed E-state index contributed by atoms with van der Waals surface area (Å²) >= 11 is 0. The first-order chi connectivity index (χ1) is 16.2. The van der Waals surface area contributed by atoms with Crippen molar-refractivity contribution in [3.63, 3.8) is 0 Å². The Labute approximate surface area is 195 Å². The molecule has 4 aliphatic carbocycles. The number of ether oxygens (including phenoxy) is 1. The Morgan fingerprint density at radius 1 is 1.03 bits per heavy atom. The summed E-state index contributed by atoms with van der Waals surface area (Å²) < 4.78 is 11.3. The molecule has 7 rings (SSSR count). The van der Waals surface area contributed by atoms with Crippen LogP contribution in [-0.4, -0.2) is 28.3 Å². The highest BCUT2D eigenvalue weighted by Crippen LogP contribution is 2.57. The number of rotatable bonds is 8. The van der Waals surface area contributed by atoms with E-state index in [4.69, 9.17) is 14.2 Å². The van der Waals surface area contributed by atoms with Gasteiger partial charge in [-0.2, -0.15) is 4.98 Å². The molecule has 0 aliphatic heterocycles. The monoisotopic (exact) mass is 444 g/mol. The summed E-state index contributed by atoms with van der Waals surface area (Å²) in [6, 6.07) is 12.7. The zero-order chi connectivity index (χ0) is 22.3. The molecule has 172 valence electrons. The van der Waals surface area contributed by atoms with E-state index in [0.717, 1.165) is 43.1 Å². The van der Waals surface area contributed by atoms with E-state index in [-0.39, 0.29) is 5.41 Å². The maximum atomic E-state index is 5.78. The fourth-order valence-electron chi connectivity index (χ4n) is 5.72. The molecule has 0 spiro atoms. The Bertz CT molecular complexity index is 1110. The number of nitrogens with zero attached hydrogens (tertiary/aromatic N) is 3. The largest absolute Gasteiger partial charge is 0.478 e. The van der Waals surface area contributed by atoms with E-state index in [1.807, 2.05) is 25.3 Å². The Morgan fingerprint density at radius 2 is 1.82 bits per heavy atom. The van der Waals surface area contributed by atoms with Gasteiger partial charge in [0.25, 0.3) is 0 Å². The van der Waals surface area contributed by atoms with Gasteiger partial charge in [0.2, 0.25) is 11.8 Å². The predicted octanol–water partition coefficient (Wildman–Crippen LogP) is 6.11. The number of anilines is 1. The van der Waals surface area contributed by atoms with Crippen LogP contribution >= 0.6 is 0 Å². The van der Waals surface area contributed by atoms with Gasteiger partial charge in [0.1, 0.15) is 0 Å². The lowest BCUT2D eigenvalue weighted by molar-refractivity contribution is 0.0322. The highest BCUT2D eigenvalue weighted by atomic mass is 16.5. The van der Waals surface area contributed by atoms with E-state index in [9.17, 15) is 0 Å². The fraction of sp³-hybridized carbons (Fsp3) is 0.519. The molecule has 3 aromatic rings. The van der Waals surface area contributed by atoms with Crippen molar-refractivity contribution in [1.29, 1.82) is 0 Å². The van der Waals surface area contributed by atoms with Gasteiger partial charge in [0, 0.05) is 35.8 Å². The van der Waals surface area contributed by atoms with Gasteiger partial charge in [-0.15, -0.1) is 0 Å². The Hall–Kier alpha value is -2.89. The summed E-state index contributed by atoms with van der Waals surface area (Å²) in [5, 5.41) is 8.06. The highest BCUT2D eigenvalue weighted by molar-refractivity contribution is 5.68. The van der Waals surface area contributed by atoms with E-state index in [1.165, 1.54) is 43.4 Å². The molecule has 33 heavy (non-hydrogen) atoms. The van der Waals surface area contributed by atoms with E-state index in [1.54, 1.807) is 0 Å². The highest BCUT2D eigenvalue weighted by Gasteiger charge is 2.52. The number of aromatic nitrogens is 3. The van der Waals surface area contributed by atoms with Crippen LogP contribution in [-0.2, 0) is 5.41 Å². The van der Waals surface area contributed by atoms with Gasteiger partial charge in [-0.05, 0) is 93.0 Å². The van der Waals surface area contributed by atoms with Gasteiger partial charge >= 0.3 is 0 Å². The zero-order valence-corrected chi connectivity index (χ0v) is 19.3. The Kier molecular flexibility index (Phi) is 5.11. The molecule has 6 nitrogen and oxygen atoms in total. The topological polar surface area (TPSA) is 73.1 Å². The predicted molar refractivity (Wildman–Crippen MR) is 127 cm³/mol. The molecule has 2 heterocycles. The van der Waals surface area contributed by atoms with Crippen LogP contribution in [0.15, 0.2) is 47.1 Å². The molecule has 0 atom stereocenters. The summed E-state index contributed by atoms with van der Waals surface area (Å²) in [4.78, 5) is 9.12. The standard InChI is InChI=1S/C27H32N4O2/c1-2-32-23-17-21(8-15-28-23)20-4-3-5-22(16-20)29-18-26-9-12-27(13-10-26,14-11-26)25-30-24(31-33-25)19-6-7-19/h3-5,8,15-17,19,29H,2,6-7,9-14,18H2,1H3. The first kappa shape index (κ1) is 20.7. The molecule has 0 amide bonds. The minimum atomic E-state index is 0.126. The SMILES string of the molecule is CCOc1cc(-c2cccc(NCC34CCC(c5nc(C6CC6)no5)(CC3)CC4)c2)ccn1. The third-order valence-electron chi connectivity index (χ3n) is 8.13. The van der Waals surface area contributed by atoms with Gasteiger partial charge in [-0.1, -0.05) is 17.3 Å². The summed E-state index contributed by atoms with van der Waals surface area (Å²) in [6.45, 7) is 3.62. The molecule has 2 aromatic heterocycles. The van der Waals surface area contributed by atoms with Crippen LogP contribution in [0.1, 0.15) is 75.9 Å². The van der Waals surface area contributed by atoms with Crippen LogP contribution in [0.4, 0.5) is 5.69 Å². The molecule has 0 saturated heterocycles. The fourth-order valence-corrected chi connectivity index (χ4v) is 5.72. The number of benzene rings is 1. The van der Waals surface area contributed by atoms with Gasteiger partial charge in [0.05, 0.1) is 6.61 Å². The number of hydrogen-bond donors (Lipinski definition) is 1. The van der Waals surface area contributed by atoms with Crippen LogP contribution in [0, 0.1) is 5.41 Å². The number of nitrogens with one attached hydrogen (secondary N) is 1. The molecule has 0 radical (unpaired) electrons. The van der Waals surface area contributed by atoms with Crippen molar-refractivity contribution in [1.82, 2.24) is 15.1 Å². The second kappa shape index (κ2) is 8.15. The quantitative estimate of drug-likeness (QED) is 0.452. The average molecular weight is 445 g/mol. The van der Waals surface area contributed by atoms with Crippen LogP contribution in [0.2, 0.25) is 0 Å². The molecule has 2 bridgehead atoms. The molecule has 1 N–H and O–H groups in total. The van der Waals surface area contributed by atoms with E-state index in [2.05, 4.69) is 39.7 Å². The van der Waals surface area contributed by atoms with Crippen molar-refractivity contribution in [2.24, 2.45) is 5.41 Å². The molecule has 4 fully saturated rings. The van der Waals surface area contributed by atoms with Crippen LogP contribution < -0.4 is 10.1 Å². The molecular weight excluding hydrogens is 412 g/mol. The Balaban J connectivity index is 1.11. The molecule has 0 unspecified atom stereocenters. The smallest absolute Gasteiger partial charge is 0.232 e. The van der Waals surface area contributed by atoms with Crippen LogP contribution in [0.5, 0.6) is 5.88 Å². The molecule has 4 aliphatic rings. The molecule has 6 heteroatoms. The van der Waals surface area contributed by atoms with Crippen molar-refractivity contribution in [2.75, 3.05) is 18.5 Å². The first-order valence-corrected chi connectivity index (χ1v) is 12.4. The summed E-state index contributed by atoms with van der Waals surface area (Å²) in [5.41, 5.74) is 3.97. The summed E-state index contributed by atoms with van der Waals surface area (Å²) in [6.07, 6.45) is 11.4. The van der Waals surface area contributed by atoms with Gasteiger partial charge in [-0.3, -0.25) is 0 Å². The van der Waals surface area contributed by atoms with Crippen molar-refractivity contribution >= 4 is 5.69 Å². The lowest BCUT2D eigenvalue weighted by Gasteiger charge is -2.52. The zero-order valence-electron chi connectivity index (χ0n) is 19.3. The van der Waals surface area contributed by atoms with Gasteiger partial charge in [-0.25, -0.2) is 4.98 Å². The van der Waals surface area contributed by atoms with Crippen molar-refractivity contribution < 1.29 is 9.26 Å². The lowest BCUT2D eigenvalue weighted by Crippen LogP contribution is -2.47. The van der Waals surface area contributed by atoms with Crippen molar-refractivity contribution in [3.05, 3.63) is 54.3 Å². The van der Waals surface area contributed by atoms with Crippen LogP contribution in [0.3, 0.4) is 0 Å². The minimum Gasteiger partial charge on any atom is -0.478 e. The summed E-state index contributed by atoms with van der Waals surface area (Å²) in [5.74, 6) is 3.10. The van der Waals surface area contributed by atoms with Gasteiger partial charge < -0.3 is 14.6 Å². The van der Waals surface area contributed by atoms with E-state index < -0.39 is 0 Å². The van der Waals surface area contributed by atoms with Gasteiger partial charge in [0.15, 0.2) is 5.82 Å². The third-order valence-corrected chi connectivity index (χ3v) is 8.13. The maximum Gasteiger partial charge on any atom is 0.232 e. The normalized spacial score (nSPS) is 26.3. The average Bonchev–Trinajstić information content (AvgIpc) is 3.60. The van der Waals surface area contributed by atoms with E-state index >= 15 is 0 Å². The molecule has 4 saturated carbocycles. The van der Waals surface area contributed by atoms with Crippen molar-refractivity contribution in [2.45, 2.75) is 69.6 Å². The second-order valence-corrected chi connectivity index (χ2v) is 10.3.